The third-order valence-corrected chi connectivity index (χ3v) is 3.92. The van der Waals surface area contributed by atoms with Gasteiger partial charge in [0, 0.05) is 43.3 Å². The first kappa shape index (κ1) is 15.6. The maximum atomic E-state index is 12.7. The summed E-state index contributed by atoms with van der Waals surface area (Å²) in [5, 5.41) is 2.88. The molecular weight excluding hydrogens is 296 g/mol. The van der Waals surface area contributed by atoms with Crippen molar-refractivity contribution in [2.24, 2.45) is 0 Å². The second-order valence-corrected chi connectivity index (χ2v) is 7.01. The summed E-state index contributed by atoms with van der Waals surface area (Å²) in [7, 11) is 0. The van der Waals surface area contributed by atoms with E-state index in [9.17, 15) is 9.59 Å². The highest BCUT2D eigenvalue weighted by molar-refractivity contribution is 5.68. The van der Waals surface area contributed by atoms with Crippen LogP contribution < -0.4 is 5.56 Å². The van der Waals surface area contributed by atoms with Crippen LogP contribution in [0.2, 0.25) is 0 Å². The van der Waals surface area contributed by atoms with Crippen LogP contribution in [0.1, 0.15) is 44.9 Å². The zero-order valence-electron chi connectivity index (χ0n) is 13.9. The Morgan fingerprint density at radius 2 is 2.17 bits per heavy atom. The average Bonchev–Trinajstić information content (AvgIpc) is 2.82. The molecule has 0 saturated carbocycles. The van der Waals surface area contributed by atoms with E-state index in [2.05, 4.69) is 10.1 Å². The molecule has 7 nitrogen and oxygen atoms in total. The highest BCUT2D eigenvalue weighted by Crippen LogP contribution is 2.23. The van der Waals surface area contributed by atoms with Gasteiger partial charge < -0.3 is 9.64 Å². The average molecular weight is 318 g/mol. The molecule has 1 aliphatic heterocycles. The van der Waals surface area contributed by atoms with Gasteiger partial charge in [0.2, 0.25) is 0 Å². The Hall–Kier alpha value is -2.31. The molecule has 0 saturated heterocycles. The number of nitrogens with zero attached hydrogens (tertiary/aromatic N) is 3. The van der Waals surface area contributed by atoms with Crippen molar-refractivity contribution in [3.8, 4) is 0 Å². The summed E-state index contributed by atoms with van der Waals surface area (Å²) in [4.78, 5) is 31.2. The third-order valence-electron chi connectivity index (χ3n) is 3.92. The molecule has 0 bridgehead atoms. The third kappa shape index (κ3) is 2.95. The van der Waals surface area contributed by atoms with E-state index in [0.717, 1.165) is 5.69 Å². The monoisotopic (exact) mass is 318 g/mol. The lowest BCUT2D eigenvalue weighted by molar-refractivity contribution is 0.0248. The number of aromatic amines is 1. The van der Waals surface area contributed by atoms with E-state index in [4.69, 9.17) is 4.74 Å². The second kappa shape index (κ2) is 5.40. The van der Waals surface area contributed by atoms with Crippen LogP contribution in [0, 0.1) is 0 Å². The van der Waals surface area contributed by atoms with Gasteiger partial charge in [-0.25, -0.2) is 14.3 Å². The minimum absolute atomic E-state index is 0.0893. The molecule has 1 unspecified atom stereocenters. The van der Waals surface area contributed by atoms with E-state index < -0.39 is 5.60 Å². The van der Waals surface area contributed by atoms with E-state index in [0.29, 0.717) is 30.7 Å². The van der Waals surface area contributed by atoms with Gasteiger partial charge in [-0.2, -0.15) is 0 Å². The molecule has 0 aliphatic carbocycles. The Labute approximate surface area is 134 Å². The van der Waals surface area contributed by atoms with Gasteiger partial charge in [-0.15, -0.1) is 0 Å². The molecule has 0 radical (unpaired) electrons. The molecule has 3 rings (SSSR count). The predicted octanol–water partition coefficient (Wildman–Crippen LogP) is 1.92. The molecule has 0 fully saturated rings. The van der Waals surface area contributed by atoms with Crippen molar-refractivity contribution in [3.05, 3.63) is 33.9 Å². The van der Waals surface area contributed by atoms with E-state index in [-0.39, 0.29) is 17.6 Å². The van der Waals surface area contributed by atoms with Crippen LogP contribution >= 0.6 is 0 Å². The van der Waals surface area contributed by atoms with Crippen molar-refractivity contribution >= 4 is 11.7 Å². The maximum Gasteiger partial charge on any atom is 0.410 e. The minimum Gasteiger partial charge on any atom is -0.444 e. The fourth-order valence-electron chi connectivity index (χ4n) is 2.95. The normalized spacial score (nSPS) is 18.6. The number of fused-ring (bicyclic) bond motifs is 2. The maximum absolute atomic E-state index is 12.7. The Morgan fingerprint density at radius 3 is 2.87 bits per heavy atom. The fourth-order valence-corrected chi connectivity index (χ4v) is 2.95. The van der Waals surface area contributed by atoms with Crippen LogP contribution in [0.5, 0.6) is 0 Å². The Bertz CT molecular complexity index is 800. The quantitative estimate of drug-likeness (QED) is 0.805. The molecule has 23 heavy (non-hydrogen) atoms. The lowest BCUT2D eigenvalue weighted by atomic mass is 10.0. The molecule has 124 valence electrons. The lowest BCUT2D eigenvalue weighted by Gasteiger charge is -2.27. The first-order valence-corrected chi connectivity index (χ1v) is 7.83. The largest absolute Gasteiger partial charge is 0.444 e. The minimum atomic E-state index is -0.535. The highest BCUT2D eigenvalue weighted by Gasteiger charge is 2.29. The Kier molecular flexibility index (Phi) is 3.66. The zero-order chi connectivity index (χ0) is 16.8. The van der Waals surface area contributed by atoms with Gasteiger partial charge >= 0.3 is 6.09 Å². The van der Waals surface area contributed by atoms with Crippen LogP contribution in [0.4, 0.5) is 4.79 Å². The van der Waals surface area contributed by atoms with Gasteiger partial charge in [0.25, 0.3) is 5.56 Å². The summed E-state index contributed by atoms with van der Waals surface area (Å²) in [5.41, 5.74) is 1.43. The number of carbonyl (C=O) groups excluding carboxylic acids is 1. The first-order chi connectivity index (χ1) is 10.8. The summed E-state index contributed by atoms with van der Waals surface area (Å²) in [6, 6.07) is 1.77. The number of aromatic nitrogens is 3. The molecule has 1 amide bonds. The van der Waals surface area contributed by atoms with Crippen LogP contribution in [0.25, 0.3) is 5.65 Å². The van der Waals surface area contributed by atoms with Crippen LogP contribution in [0.3, 0.4) is 0 Å². The molecule has 0 aromatic carbocycles. The molecule has 7 heteroatoms. The molecular formula is C16H22N4O3. The van der Waals surface area contributed by atoms with Crippen molar-refractivity contribution in [1.82, 2.24) is 19.5 Å². The summed E-state index contributed by atoms with van der Waals surface area (Å²) < 4.78 is 6.89. The number of rotatable bonds is 0. The standard InChI is InChI=1S/C16H22N4O3/c1-10-9-19(15(22)23-16(2,3)4)8-6-11-13(10)14(21)20-12(18-11)5-7-17-20/h5,7,10,17H,6,8-9H2,1-4H3. The van der Waals surface area contributed by atoms with Crippen molar-refractivity contribution in [3.63, 3.8) is 0 Å². The van der Waals surface area contributed by atoms with Gasteiger partial charge in [0.15, 0.2) is 5.65 Å². The Morgan fingerprint density at radius 1 is 1.43 bits per heavy atom. The lowest BCUT2D eigenvalue weighted by Crippen LogP contribution is -2.39. The van der Waals surface area contributed by atoms with E-state index in [1.807, 2.05) is 27.7 Å². The summed E-state index contributed by atoms with van der Waals surface area (Å²) >= 11 is 0. The fraction of sp³-hybridized carbons (Fsp3) is 0.562. The van der Waals surface area contributed by atoms with Crippen molar-refractivity contribution < 1.29 is 9.53 Å². The smallest absolute Gasteiger partial charge is 0.410 e. The highest BCUT2D eigenvalue weighted by atomic mass is 16.6. The van der Waals surface area contributed by atoms with E-state index in [1.165, 1.54) is 4.52 Å². The van der Waals surface area contributed by atoms with Crippen molar-refractivity contribution in [2.75, 3.05) is 13.1 Å². The van der Waals surface area contributed by atoms with Gasteiger partial charge in [-0.3, -0.25) is 9.89 Å². The zero-order valence-corrected chi connectivity index (χ0v) is 13.9. The van der Waals surface area contributed by atoms with E-state index in [1.54, 1.807) is 17.2 Å². The van der Waals surface area contributed by atoms with Gasteiger partial charge in [-0.1, -0.05) is 6.92 Å². The number of ether oxygens (including phenoxy) is 1. The summed E-state index contributed by atoms with van der Waals surface area (Å²) in [6.07, 6.45) is 1.90. The van der Waals surface area contributed by atoms with Gasteiger partial charge in [-0.05, 0) is 20.8 Å². The van der Waals surface area contributed by atoms with Gasteiger partial charge in [0.05, 0.1) is 5.69 Å². The van der Waals surface area contributed by atoms with Crippen LogP contribution in [-0.2, 0) is 11.2 Å². The first-order valence-electron chi connectivity index (χ1n) is 7.83. The topological polar surface area (TPSA) is 79.7 Å². The van der Waals surface area contributed by atoms with Gasteiger partial charge in [0.1, 0.15) is 5.60 Å². The molecule has 1 atom stereocenters. The summed E-state index contributed by atoms with van der Waals surface area (Å²) in [6.45, 7) is 8.43. The molecule has 3 heterocycles. The number of H-pyrrole nitrogens is 1. The molecule has 1 aliphatic rings. The number of hydrogen-bond donors (Lipinski definition) is 1. The van der Waals surface area contributed by atoms with Crippen LogP contribution in [0.15, 0.2) is 17.1 Å². The van der Waals surface area contributed by atoms with Crippen molar-refractivity contribution in [1.29, 1.82) is 0 Å². The SMILES string of the molecule is CC1CN(C(=O)OC(C)(C)C)CCc2nc3cc[nH]n3c(=O)c21. The number of nitrogens with one attached hydrogen (secondary N) is 1. The summed E-state index contributed by atoms with van der Waals surface area (Å²) in [5.74, 6) is -0.0970. The molecule has 2 aromatic rings. The molecule has 2 aromatic heterocycles. The number of carbonyl (C=O) groups is 1. The molecule has 0 spiro atoms. The second-order valence-electron chi connectivity index (χ2n) is 7.01. The molecule has 1 N–H and O–H groups in total. The van der Waals surface area contributed by atoms with Crippen LogP contribution in [-0.4, -0.2) is 44.3 Å². The Balaban J connectivity index is 1.93. The predicted molar refractivity (Wildman–Crippen MR) is 85.7 cm³/mol. The van der Waals surface area contributed by atoms with Crippen molar-refractivity contribution in [2.45, 2.75) is 45.6 Å². The van der Waals surface area contributed by atoms with E-state index >= 15 is 0 Å². The number of hydrogen-bond acceptors (Lipinski definition) is 4. The number of amides is 1.